The molecule has 1 aromatic heterocycles. The fraction of sp³-hybridized carbons (Fsp3) is 0.556. The van der Waals surface area contributed by atoms with E-state index in [1.54, 1.807) is 6.26 Å². The predicted octanol–water partition coefficient (Wildman–Crippen LogP) is 5.23. The van der Waals surface area contributed by atoms with Crippen LogP contribution >= 0.6 is 27.7 Å². The average Bonchev–Trinajstić information content (AvgIpc) is 3.17. The summed E-state index contributed by atoms with van der Waals surface area (Å²) in [4.78, 5) is 10.3. The van der Waals surface area contributed by atoms with E-state index in [0.717, 1.165) is 37.2 Å². The van der Waals surface area contributed by atoms with Crippen LogP contribution in [-0.4, -0.2) is 52.5 Å². The lowest BCUT2D eigenvalue weighted by Crippen LogP contribution is -2.43. The highest BCUT2D eigenvalue weighted by Crippen LogP contribution is 2.42. The van der Waals surface area contributed by atoms with Crippen molar-refractivity contribution < 1.29 is 26.7 Å². The van der Waals surface area contributed by atoms with Gasteiger partial charge in [0, 0.05) is 18.4 Å². The van der Waals surface area contributed by atoms with Gasteiger partial charge in [-0.2, -0.15) is 23.1 Å². The number of thioether (sulfide) groups is 1. The Labute approximate surface area is 176 Å². The molecule has 2 aromatic rings. The summed E-state index contributed by atoms with van der Waals surface area (Å²) in [5, 5.41) is 0.140. The van der Waals surface area contributed by atoms with Crippen LogP contribution in [0.2, 0.25) is 0 Å². The molecular formula is C18H17BrF5N3OS. The first kappa shape index (κ1) is 21.0. The number of hydrogen-bond acceptors (Lipinski definition) is 5. The summed E-state index contributed by atoms with van der Waals surface area (Å²) in [5.74, 6) is -1.12. The summed E-state index contributed by atoms with van der Waals surface area (Å²) in [5.41, 5.74) is -1.82. The van der Waals surface area contributed by atoms with E-state index in [2.05, 4.69) is 30.8 Å². The molecule has 1 aromatic carbocycles. The molecule has 2 saturated heterocycles. The topological polar surface area (TPSA) is 38.2 Å². The smallest absolute Gasteiger partial charge is 0.417 e. The molecular weight excluding hydrogens is 481 g/mol. The van der Waals surface area contributed by atoms with Crippen molar-refractivity contribution in [3.63, 3.8) is 0 Å². The zero-order valence-electron chi connectivity index (χ0n) is 15.3. The van der Waals surface area contributed by atoms with E-state index < -0.39 is 33.7 Å². The zero-order chi connectivity index (χ0) is 21.0. The van der Waals surface area contributed by atoms with E-state index in [0.29, 0.717) is 13.0 Å². The highest BCUT2D eigenvalue weighted by molar-refractivity contribution is 9.10. The van der Waals surface area contributed by atoms with Crippen molar-refractivity contribution in [2.75, 3.05) is 26.0 Å². The maximum absolute atomic E-state index is 14.7. The molecule has 11 heteroatoms. The summed E-state index contributed by atoms with van der Waals surface area (Å²) in [7, 11) is 0. The van der Waals surface area contributed by atoms with Crippen LogP contribution in [0.5, 0.6) is 6.01 Å². The van der Waals surface area contributed by atoms with Gasteiger partial charge in [-0.15, -0.1) is 11.8 Å². The summed E-state index contributed by atoms with van der Waals surface area (Å²) >= 11 is 3.76. The Kier molecular flexibility index (Phi) is 5.44. The number of halogens is 6. The molecule has 0 aliphatic carbocycles. The maximum Gasteiger partial charge on any atom is 0.417 e. The largest absolute Gasteiger partial charge is 0.461 e. The molecule has 29 heavy (non-hydrogen) atoms. The van der Waals surface area contributed by atoms with Gasteiger partial charge in [0.2, 0.25) is 0 Å². The number of benzene rings is 1. The molecule has 158 valence electrons. The fourth-order valence-electron chi connectivity index (χ4n) is 4.23. The quantitative estimate of drug-likeness (QED) is 0.328. The van der Waals surface area contributed by atoms with Crippen molar-refractivity contribution in [2.24, 2.45) is 0 Å². The Balaban J connectivity index is 1.70. The van der Waals surface area contributed by atoms with Gasteiger partial charge in [-0.05, 0) is 47.6 Å². The highest BCUT2D eigenvalue weighted by Gasteiger charge is 2.49. The average molecular weight is 498 g/mol. The minimum absolute atomic E-state index is 0.0387. The third-order valence-corrected chi connectivity index (χ3v) is 7.02. The summed E-state index contributed by atoms with van der Waals surface area (Å²) in [6.07, 6.45) is -1.95. The first-order chi connectivity index (χ1) is 13.6. The minimum Gasteiger partial charge on any atom is -0.461 e. The molecule has 0 N–H and O–H groups in total. The van der Waals surface area contributed by atoms with Gasteiger partial charge >= 0.3 is 12.2 Å². The van der Waals surface area contributed by atoms with Crippen molar-refractivity contribution in [3.05, 3.63) is 21.9 Å². The SMILES string of the molecule is CSc1nc(OC[C@@]23CCCN2C[C@H](F)C3)nc2c(F)c(Br)c(C(F)(F)F)cc12. The summed E-state index contributed by atoms with van der Waals surface area (Å²) < 4.78 is 73.3. The third-order valence-electron chi connectivity index (χ3n) is 5.55. The Bertz CT molecular complexity index is 959. The molecule has 3 heterocycles. The monoisotopic (exact) mass is 497 g/mol. The number of fused-ring (bicyclic) bond motifs is 2. The van der Waals surface area contributed by atoms with Gasteiger partial charge in [-0.25, -0.2) is 8.78 Å². The summed E-state index contributed by atoms with van der Waals surface area (Å²) in [6.45, 7) is 1.30. The molecule has 0 unspecified atom stereocenters. The minimum atomic E-state index is -4.73. The Morgan fingerprint density at radius 3 is 2.83 bits per heavy atom. The molecule has 2 aliphatic heterocycles. The number of ether oxygens (including phenoxy) is 1. The molecule has 2 aliphatic rings. The van der Waals surface area contributed by atoms with Crippen LogP contribution in [0.3, 0.4) is 0 Å². The number of aromatic nitrogens is 2. The van der Waals surface area contributed by atoms with Gasteiger partial charge in [-0.1, -0.05) is 0 Å². The third kappa shape index (κ3) is 3.69. The van der Waals surface area contributed by atoms with Crippen LogP contribution in [0.4, 0.5) is 22.0 Å². The lowest BCUT2D eigenvalue weighted by atomic mass is 9.95. The van der Waals surface area contributed by atoms with Crippen molar-refractivity contribution in [3.8, 4) is 6.01 Å². The van der Waals surface area contributed by atoms with Gasteiger partial charge < -0.3 is 4.74 Å². The molecule has 2 atom stereocenters. The number of rotatable bonds is 4. The first-order valence-electron chi connectivity index (χ1n) is 8.97. The Hall–Kier alpha value is -1.20. The number of alkyl halides is 4. The van der Waals surface area contributed by atoms with Crippen molar-refractivity contribution in [2.45, 2.75) is 42.2 Å². The van der Waals surface area contributed by atoms with Crippen LogP contribution in [-0.2, 0) is 6.18 Å². The first-order valence-corrected chi connectivity index (χ1v) is 11.0. The standard InChI is InChI=1S/C18H17BrF5N3OS/c1-29-15-10-5-11(18(22,23)24)12(19)13(21)14(10)25-16(26-15)28-8-17-3-2-4-27(17)7-9(20)6-17/h5,9H,2-4,6-8H2,1H3/t9-,17+/m1/s1. The van der Waals surface area contributed by atoms with Crippen LogP contribution < -0.4 is 4.74 Å². The lowest BCUT2D eigenvalue weighted by molar-refractivity contribution is -0.138. The van der Waals surface area contributed by atoms with E-state index in [1.165, 1.54) is 0 Å². The second-order valence-corrected chi connectivity index (χ2v) is 8.91. The molecule has 0 spiro atoms. The highest BCUT2D eigenvalue weighted by atomic mass is 79.9. The van der Waals surface area contributed by atoms with E-state index in [-0.39, 0.29) is 28.5 Å². The number of nitrogens with zero attached hydrogens (tertiary/aromatic N) is 3. The fourth-order valence-corrected chi connectivity index (χ4v) is 5.30. The molecule has 4 rings (SSSR count). The Morgan fingerprint density at radius 2 is 2.14 bits per heavy atom. The normalized spacial score (nSPS) is 25.0. The van der Waals surface area contributed by atoms with Crippen LogP contribution in [0, 0.1) is 5.82 Å². The van der Waals surface area contributed by atoms with Gasteiger partial charge in [0.05, 0.1) is 15.6 Å². The zero-order valence-corrected chi connectivity index (χ0v) is 17.7. The van der Waals surface area contributed by atoms with Crippen LogP contribution in [0.25, 0.3) is 10.9 Å². The predicted molar refractivity (Wildman–Crippen MR) is 103 cm³/mol. The molecule has 0 amide bonds. The number of hydrogen-bond donors (Lipinski definition) is 0. The van der Waals surface area contributed by atoms with Crippen molar-refractivity contribution in [1.29, 1.82) is 0 Å². The van der Waals surface area contributed by atoms with E-state index in [4.69, 9.17) is 4.74 Å². The van der Waals surface area contributed by atoms with Crippen LogP contribution in [0.15, 0.2) is 15.6 Å². The molecule has 4 nitrogen and oxygen atoms in total. The lowest BCUT2D eigenvalue weighted by Gasteiger charge is -2.30. The van der Waals surface area contributed by atoms with E-state index >= 15 is 0 Å². The van der Waals surface area contributed by atoms with E-state index in [9.17, 15) is 22.0 Å². The summed E-state index contributed by atoms with van der Waals surface area (Å²) in [6, 6.07) is 0.705. The Morgan fingerprint density at radius 1 is 1.38 bits per heavy atom. The van der Waals surface area contributed by atoms with Crippen LogP contribution in [0.1, 0.15) is 24.8 Å². The second-order valence-electron chi connectivity index (χ2n) is 7.33. The van der Waals surface area contributed by atoms with Gasteiger partial charge in [0.25, 0.3) is 0 Å². The molecule has 0 saturated carbocycles. The van der Waals surface area contributed by atoms with E-state index in [1.807, 2.05) is 0 Å². The van der Waals surface area contributed by atoms with Gasteiger partial charge in [0.1, 0.15) is 23.3 Å². The molecule has 2 fully saturated rings. The van der Waals surface area contributed by atoms with Gasteiger partial charge in [0.15, 0.2) is 5.82 Å². The van der Waals surface area contributed by atoms with Crippen molar-refractivity contribution in [1.82, 2.24) is 14.9 Å². The second kappa shape index (κ2) is 7.49. The molecule has 0 bridgehead atoms. The maximum atomic E-state index is 14.7. The van der Waals surface area contributed by atoms with Crippen molar-refractivity contribution >= 4 is 38.6 Å². The van der Waals surface area contributed by atoms with Gasteiger partial charge in [-0.3, -0.25) is 4.90 Å². The molecule has 0 radical (unpaired) electrons.